The van der Waals surface area contributed by atoms with Gasteiger partial charge in [0.15, 0.2) is 11.6 Å². The van der Waals surface area contributed by atoms with Gasteiger partial charge in [-0.2, -0.15) is 13.2 Å². The van der Waals surface area contributed by atoms with Crippen LogP contribution in [-0.2, 0) is 11.3 Å². The predicted molar refractivity (Wildman–Crippen MR) is 83.3 cm³/mol. The minimum atomic E-state index is -4.46. The summed E-state index contributed by atoms with van der Waals surface area (Å²) in [6, 6.07) is 5.35. The molecule has 23 heavy (non-hydrogen) atoms. The van der Waals surface area contributed by atoms with Crippen LogP contribution in [-0.4, -0.2) is 18.6 Å². The lowest BCUT2D eigenvalue weighted by molar-refractivity contribution is -0.0932. The molecule has 1 aromatic rings. The van der Waals surface area contributed by atoms with Gasteiger partial charge in [0.1, 0.15) is 12.3 Å². The van der Waals surface area contributed by atoms with Crippen LogP contribution in [0, 0.1) is 6.92 Å². The molecule has 2 aliphatic heterocycles. The molecule has 0 unspecified atom stereocenters. The van der Waals surface area contributed by atoms with Crippen LogP contribution >= 0.6 is 0 Å². The van der Waals surface area contributed by atoms with Gasteiger partial charge in [-0.15, -0.1) is 0 Å². The lowest BCUT2D eigenvalue weighted by Gasteiger charge is -2.33. The maximum absolute atomic E-state index is 13.7. The van der Waals surface area contributed by atoms with Gasteiger partial charge in [0.05, 0.1) is 12.2 Å². The van der Waals surface area contributed by atoms with E-state index in [-0.39, 0.29) is 24.6 Å². The molecular weight excluding hydrogens is 305 g/mol. The molecule has 0 amide bonds. The van der Waals surface area contributed by atoms with Gasteiger partial charge >= 0.3 is 6.18 Å². The van der Waals surface area contributed by atoms with Gasteiger partial charge in [0.25, 0.3) is 0 Å². The van der Waals surface area contributed by atoms with Crippen molar-refractivity contribution in [1.82, 2.24) is 0 Å². The summed E-state index contributed by atoms with van der Waals surface area (Å²) in [6.45, 7) is 5.34. The van der Waals surface area contributed by atoms with Crippen LogP contribution in [0.4, 0.5) is 18.9 Å². The van der Waals surface area contributed by atoms with Gasteiger partial charge in [0.2, 0.25) is 0 Å². The van der Waals surface area contributed by atoms with E-state index in [1.54, 1.807) is 25.1 Å². The number of halogens is 3. The smallest absolute Gasteiger partial charge is 0.431 e. The standard InChI is InChI=1S/C17H17F3N2O/c1-4-14-16-21-8-11(3)15(17(18,19)20)22(16)13-6-5-10(2)7-12(13)9-23-14/h4-7H,8-9H2,1-3H3/b14-4+. The molecule has 3 rings (SSSR count). The van der Waals surface area contributed by atoms with Gasteiger partial charge in [-0.3, -0.25) is 9.89 Å². The van der Waals surface area contributed by atoms with Gasteiger partial charge < -0.3 is 4.74 Å². The summed E-state index contributed by atoms with van der Waals surface area (Å²) in [4.78, 5) is 5.51. The summed E-state index contributed by atoms with van der Waals surface area (Å²) in [5.74, 6) is 0.584. The van der Waals surface area contributed by atoms with E-state index in [1.807, 2.05) is 13.0 Å². The molecule has 3 nitrogen and oxygen atoms in total. The summed E-state index contributed by atoms with van der Waals surface area (Å²) in [5.41, 5.74) is 1.69. The Balaban J connectivity index is 2.27. The molecule has 2 aliphatic rings. The Morgan fingerprint density at radius 1 is 1.26 bits per heavy atom. The molecule has 0 saturated carbocycles. The Kier molecular flexibility index (Phi) is 3.70. The molecule has 0 saturated heterocycles. The molecular formula is C17H17F3N2O. The third-order valence-electron chi connectivity index (χ3n) is 3.92. The van der Waals surface area contributed by atoms with Crippen LogP contribution in [0.3, 0.4) is 0 Å². The first-order valence-corrected chi connectivity index (χ1v) is 7.33. The maximum Gasteiger partial charge on any atom is 0.431 e. The fourth-order valence-corrected chi connectivity index (χ4v) is 2.91. The van der Waals surface area contributed by atoms with E-state index in [0.29, 0.717) is 17.0 Å². The number of aliphatic imine (C=N–C) groups is 1. The number of hydrogen-bond acceptors (Lipinski definition) is 3. The molecule has 0 spiro atoms. The SMILES string of the molecule is C/C=C1/OCc2cc(C)ccc2N2C1=NCC(C)=C2C(F)(F)F. The Labute approximate surface area is 132 Å². The number of allylic oxidation sites excluding steroid dienone is 2. The fourth-order valence-electron chi connectivity index (χ4n) is 2.91. The predicted octanol–water partition coefficient (Wildman–Crippen LogP) is 4.48. The molecule has 1 aromatic carbocycles. The van der Waals surface area contributed by atoms with Crippen LogP contribution in [0.2, 0.25) is 0 Å². The summed E-state index contributed by atoms with van der Waals surface area (Å²) >= 11 is 0. The monoisotopic (exact) mass is 322 g/mol. The molecule has 122 valence electrons. The van der Waals surface area contributed by atoms with Crippen LogP contribution in [0.1, 0.15) is 25.0 Å². The summed E-state index contributed by atoms with van der Waals surface area (Å²) in [6.07, 6.45) is -2.81. The molecule has 0 aliphatic carbocycles. The molecule has 0 N–H and O–H groups in total. The van der Waals surface area contributed by atoms with E-state index in [4.69, 9.17) is 4.74 Å². The second kappa shape index (κ2) is 5.44. The summed E-state index contributed by atoms with van der Waals surface area (Å²) in [7, 11) is 0. The first-order chi connectivity index (χ1) is 10.8. The normalized spacial score (nSPS) is 19.8. The molecule has 0 atom stereocenters. The van der Waals surface area contributed by atoms with E-state index in [9.17, 15) is 13.2 Å². The minimum absolute atomic E-state index is 0.0164. The van der Waals surface area contributed by atoms with Gasteiger partial charge in [-0.05, 0) is 38.5 Å². The zero-order chi connectivity index (χ0) is 16.8. The van der Waals surface area contributed by atoms with E-state index in [2.05, 4.69) is 4.99 Å². The van der Waals surface area contributed by atoms with Crippen molar-refractivity contribution in [1.29, 1.82) is 0 Å². The molecule has 0 fully saturated rings. The minimum Gasteiger partial charge on any atom is -0.485 e. The van der Waals surface area contributed by atoms with Gasteiger partial charge in [-0.1, -0.05) is 17.7 Å². The molecule has 0 aromatic heterocycles. The maximum atomic E-state index is 13.7. The highest BCUT2D eigenvalue weighted by molar-refractivity contribution is 6.12. The van der Waals surface area contributed by atoms with Gasteiger partial charge in [0, 0.05) is 5.56 Å². The van der Waals surface area contributed by atoms with E-state index >= 15 is 0 Å². The second-order valence-corrected chi connectivity index (χ2v) is 5.68. The van der Waals surface area contributed by atoms with Crippen molar-refractivity contribution in [2.24, 2.45) is 4.99 Å². The van der Waals surface area contributed by atoms with Crippen molar-refractivity contribution >= 4 is 11.5 Å². The first-order valence-electron chi connectivity index (χ1n) is 7.33. The van der Waals surface area contributed by atoms with Crippen LogP contribution < -0.4 is 4.90 Å². The second-order valence-electron chi connectivity index (χ2n) is 5.68. The van der Waals surface area contributed by atoms with Crippen molar-refractivity contribution < 1.29 is 17.9 Å². The van der Waals surface area contributed by atoms with Gasteiger partial charge in [-0.25, -0.2) is 0 Å². The highest BCUT2D eigenvalue weighted by Gasteiger charge is 2.45. The zero-order valence-corrected chi connectivity index (χ0v) is 13.2. The molecule has 6 heteroatoms. The zero-order valence-electron chi connectivity index (χ0n) is 13.2. The van der Waals surface area contributed by atoms with Crippen molar-refractivity contribution in [3.8, 4) is 0 Å². The number of fused-ring (bicyclic) bond motifs is 3. The first kappa shape index (κ1) is 15.6. The van der Waals surface area contributed by atoms with Crippen molar-refractivity contribution in [2.75, 3.05) is 11.4 Å². The van der Waals surface area contributed by atoms with Crippen molar-refractivity contribution in [3.63, 3.8) is 0 Å². The third kappa shape index (κ3) is 2.62. The number of ether oxygens (including phenoxy) is 1. The largest absolute Gasteiger partial charge is 0.485 e. The molecule has 0 bridgehead atoms. The highest BCUT2D eigenvalue weighted by atomic mass is 19.4. The number of rotatable bonds is 0. The Bertz CT molecular complexity index is 745. The number of nitrogens with zero attached hydrogens (tertiary/aromatic N) is 2. The average Bonchev–Trinajstić information content (AvgIpc) is 2.62. The number of hydrogen-bond donors (Lipinski definition) is 0. The van der Waals surface area contributed by atoms with E-state index in [1.165, 1.54) is 11.8 Å². The van der Waals surface area contributed by atoms with Crippen LogP contribution in [0.15, 0.2) is 46.3 Å². The highest BCUT2D eigenvalue weighted by Crippen LogP contribution is 2.41. The van der Waals surface area contributed by atoms with E-state index in [0.717, 1.165) is 5.56 Å². The Morgan fingerprint density at radius 2 is 2.00 bits per heavy atom. The van der Waals surface area contributed by atoms with Crippen LogP contribution in [0.5, 0.6) is 0 Å². The fraction of sp³-hybridized carbons (Fsp3) is 0.353. The number of anilines is 1. The molecule has 2 heterocycles. The van der Waals surface area contributed by atoms with Crippen LogP contribution in [0.25, 0.3) is 0 Å². The Morgan fingerprint density at radius 3 is 2.65 bits per heavy atom. The topological polar surface area (TPSA) is 24.8 Å². The van der Waals surface area contributed by atoms with E-state index < -0.39 is 11.9 Å². The van der Waals surface area contributed by atoms with Crippen molar-refractivity contribution in [3.05, 3.63) is 52.4 Å². The summed E-state index contributed by atoms with van der Waals surface area (Å²) < 4.78 is 46.8. The summed E-state index contributed by atoms with van der Waals surface area (Å²) in [5, 5.41) is 0. The lowest BCUT2D eigenvalue weighted by atomic mass is 10.1. The molecule has 0 radical (unpaired) electrons. The average molecular weight is 322 g/mol. The quantitative estimate of drug-likeness (QED) is 0.703. The number of alkyl halides is 3. The number of aryl methyl sites for hydroxylation is 1. The third-order valence-corrected chi connectivity index (χ3v) is 3.92. The lowest BCUT2D eigenvalue weighted by Crippen LogP contribution is -2.41. The Hall–Kier alpha value is -2.24. The number of benzene rings is 1. The van der Waals surface area contributed by atoms with Crippen molar-refractivity contribution in [2.45, 2.75) is 33.6 Å². The number of amidine groups is 1.